The van der Waals surface area contributed by atoms with Gasteiger partial charge in [-0.05, 0) is 30.9 Å². The number of rotatable bonds is 7. The van der Waals surface area contributed by atoms with Gasteiger partial charge in [0.1, 0.15) is 5.82 Å². The van der Waals surface area contributed by atoms with Crippen LogP contribution >= 0.6 is 0 Å². The summed E-state index contributed by atoms with van der Waals surface area (Å²) in [6.45, 7) is 7.89. The van der Waals surface area contributed by atoms with Crippen molar-refractivity contribution in [2.75, 3.05) is 18.4 Å². The van der Waals surface area contributed by atoms with Crippen LogP contribution < -0.4 is 10.6 Å². The van der Waals surface area contributed by atoms with Gasteiger partial charge in [0, 0.05) is 13.1 Å². The first kappa shape index (κ1) is 14.4. The molecule has 2 N–H and O–H groups in total. The molecule has 0 spiro atoms. The second-order valence-electron chi connectivity index (χ2n) is 4.67. The highest BCUT2D eigenvalue weighted by Gasteiger charge is 2.06. The van der Waals surface area contributed by atoms with Crippen LogP contribution in [0.25, 0.3) is 0 Å². The summed E-state index contributed by atoms with van der Waals surface area (Å²) in [7, 11) is 0. The molecule has 0 aliphatic heterocycles. The molecule has 0 fully saturated rings. The average Bonchev–Trinajstić information content (AvgIpc) is 2.36. The van der Waals surface area contributed by atoms with E-state index in [4.69, 9.17) is 0 Å². The minimum Gasteiger partial charge on any atom is -0.369 e. The third-order valence-corrected chi connectivity index (χ3v) is 2.46. The molecule has 1 aromatic heterocycles. The zero-order valence-corrected chi connectivity index (χ0v) is 11.4. The molecule has 100 valence electrons. The SMILES string of the molecule is CCCNC(=O)c1ccc(NCCC(C)C)nn1. The molecular weight excluding hydrogens is 228 g/mol. The van der Waals surface area contributed by atoms with Gasteiger partial charge in [-0.25, -0.2) is 0 Å². The number of hydrogen-bond donors (Lipinski definition) is 2. The summed E-state index contributed by atoms with van der Waals surface area (Å²) in [6, 6.07) is 3.48. The number of aromatic nitrogens is 2. The average molecular weight is 250 g/mol. The van der Waals surface area contributed by atoms with E-state index in [1.807, 2.05) is 6.92 Å². The van der Waals surface area contributed by atoms with Crippen LogP contribution in [0.1, 0.15) is 44.1 Å². The maximum absolute atomic E-state index is 11.6. The highest BCUT2D eigenvalue weighted by atomic mass is 16.1. The molecule has 0 aliphatic carbocycles. The quantitative estimate of drug-likeness (QED) is 0.777. The van der Waals surface area contributed by atoms with E-state index in [1.165, 1.54) is 0 Å². The van der Waals surface area contributed by atoms with E-state index >= 15 is 0 Å². The van der Waals surface area contributed by atoms with Crippen LogP contribution in [0.4, 0.5) is 5.82 Å². The largest absolute Gasteiger partial charge is 0.369 e. The molecule has 5 nitrogen and oxygen atoms in total. The van der Waals surface area contributed by atoms with E-state index in [0.29, 0.717) is 24.0 Å². The van der Waals surface area contributed by atoms with Crippen molar-refractivity contribution in [2.45, 2.75) is 33.6 Å². The maximum Gasteiger partial charge on any atom is 0.271 e. The zero-order valence-electron chi connectivity index (χ0n) is 11.4. The Labute approximate surface area is 108 Å². The summed E-state index contributed by atoms with van der Waals surface area (Å²) in [5.41, 5.74) is 0.359. The summed E-state index contributed by atoms with van der Waals surface area (Å²) in [6.07, 6.45) is 1.99. The van der Waals surface area contributed by atoms with Crippen molar-refractivity contribution in [3.63, 3.8) is 0 Å². The van der Waals surface area contributed by atoms with Gasteiger partial charge >= 0.3 is 0 Å². The van der Waals surface area contributed by atoms with Crippen molar-refractivity contribution >= 4 is 11.7 Å². The van der Waals surface area contributed by atoms with Crippen LogP contribution in [0.3, 0.4) is 0 Å². The van der Waals surface area contributed by atoms with Crippen LogP contribution in [0.15, 0.2) is 12.1 Å². The molecular formula is C13H22N4O. The van der Waals surface area contributed by atoms with E-state index < -0.39 is 0 Å². The maximum atomic E-state index is 11.6. The summed E-state index contributed by atoms with van der Waals surface area (Å²) in [4.78, 5) is 11.6. The number of anilines is 1. The van der Waals surface area contributed by atoms with Crippen LogP contribution in [-0.4, -0.2) is 29.2 Å². The van der Waals surface area contributed by atoms with E-state index in [0.717, 1.165) is 19.4 Å². The Morgan fingerprint density at radius 3 is 2.61 bits per heavy atom. The molecule has 5 heteroatoms. The summed E-state index contributed by atoms with van der Waals surface area (Å²) in [5.74, 6) is 1.20. The van der Waals surface area contributed by atoms with Crippen molar-refractivity contribution < 1.29 is 4.79 Å². The predicted octanol–water partition coefficient (Wildman–Crippen LogP) is 2.07. The van der Waals surface area contributed by atoms with Gasteiger partial charge in [0.05, 0.1) is 0 Å². The smallest absolute Gasteiger partial charge is 0.271 e. The third kappa shape index (κ3) is 5.12. The summed E-state index contributed by atoms with van der Waals surface area (Å²) >= 11 is 0. The molecule has 1 rings (SSSR count). The van der Waals surface area contributed by atoms with E-state index in [1.54, 1.807) is 12.1 Å². The molecule has 0 aliphatic rings. The zero-order chi connectivity index (χ0) is 13.4. The molecule has 0 saturated heterocycles. The Kier molecular flexibility index (Phi) is 6.11. The molecule has 1 amide bonds. The van der Waals surface area contributed by atoms with Crippen molar-refractivity contribution in [3.8, 4) is 0 Å². The fourth-order valence-corrected chi connectivity index (χ4v) is 1.37. The van der Waals surface area contributed by atoms with Crippen molar-refractivity contribution in [1.82, 2.24) is 15.5 Å². The number of hydrogen-bond acceptors (Lipinski definition) is 4. The van der Waals surface area contributed by atoms with Gasteiger partial charge < -0.3 is 10.6 Å². The predicted molar refractivity (Wildman–Crippen MR) is 72.6 cm³/mol. The van der Waals surface area contributed by atoms with E-state index in [9.17, 15) is 4.79 Å². The molecule has 0 saturated carbocycles. The molecule has 0 unspecified atom stereocenters. The molecule has 0 bridgehead atoms. The number of nitrogens with one attached hydrogen (secondary N) is 2. The number of carbonyl (C=O) groups is 1. The highest BCUT2D eigenvalue weighted by molar-refractivity contribution is 5.92. The normalized spacial score (nSPS) is 10.4. The topological polar surface area (TPSA) is 66.9 Å². The lowest BCUT2D eigenvalue weighted by Gasteiger charge is -2.07. The lowest BCUT2D eigenvalue weighted by atomic mass is 10.1. The molecule has 1 heterocycles. The van der Waals surface area contributed by atoms with Crippen molar-refractivity contribution in [2.24, 2.45) is 5.92 Å². The van der Waals surface area contributed by atoms with E-state index in [-0.39, 0.29) is 5.91 Å². The summed E-state index contributed by atoms with van der Waals surface area (Å²) in [5, 5.41) is 13.8. The Hall–Kier alpha value is -1.65. The molecule has 0 atom stereocenters. The van der Waals surface area contributed by atoms with Gasteiger partial charge in [-0.15, -0.1) is 10.2 Å². The van der Waals surface area contributed by atoms with Crippen LogP contribution in [0.5, 0.6) is 0 Å². The van der Waals surface area contributed by atoms with Crippen molar-refractivity contribution in [1.29, 1.82) is 0 Å². The first-order chi connectivity index (χ1) is 8.63. The standard InChI is InChI=1S/C13H22N4O/c1-4-8-15-13(18)11-5-6-12(17-16-11)14-9-7-10(2)3/h5-6,10H,4,7-9H2,1-3H3,(H,14,17)(H,15,18). The summed E-state index contributed by atoms with van der Waals surface area (Å²) < 4.78 is 0. The Bertz CT molecular complexity index is 362. The fraction of sp³-hybridized carbons (Fsp3) is 0.615. The van der Waals surface area contributed by atoms with Crippen molar-refractivity contribution in [3.05, 3.63) is 17.8 Å². The van der Waals surface area contributed by atoms with Gasteiger partial charge in [-0.1, -0.05) is 20.8 Å². The number of nitrogens with zero attached hydrogens (tertiary/aromatic N) is 2. The molecule has 18 heavy (non-hydrogen) atoms. The second-order valence-corrected chi connectivity index (χ2v) is 4.67. The molecule has 0 aromatic carbocycles. The van der Waals surface area contributed by atoms with Crippen LogP contribution in [0.2, 0.25) is 0 Å². The first-order valence-electron chi connectivity index (χ1n) is 6.49. The monoisotopic (exact) mass is 250 g/mol. The Morgan fingerprint density at radius 2 is 2.06 bits per heavy atom. The first-order valence-corrected chi connectivity index (χ1v) is 6.49. The number of carbonyl (C=O) groups excluding carboxylic acids is 1. The Balaban J connectivity index is 2.44. The van der Waals surface area contributed by atoms with Gasteiger partial charge in [0.2, 0.25) is 0 Å². The lowest BCUT2D eigenvalue weighted by molar-refractivity contribution is 0.0947. The van der Waals surface area contributed by atoms with E-state index in [2.05, 4.69) is 34.7 Å². The minimum absolute atomic E-state index is 0.168. The van der Waals surface area contributed by atoms with Gasteiger partial charge in [0.25, 0.3) is 5.91 Å². The third-order valence-electron chi connectivity index (χ3n) is 2.46. The Morgan fingerprint density at radius 1 is 1.28 bits per heavy atom. The van der Waals surface area contributed by atoms with Gasteiger partial charge in [-0.3, -0.25) is 4.79 Å². The highest BCUT2D eigenvalue weighted by Crippen LogP contribution is 2.04. The van der Waals surface area contributed by atoms with Crippen LogP contribution in [-0.2, 0) is 0 Å². The van der Waals surface area contributed by atoms with Gasteiger partial charge in [0.15, 0.2) is 5.69 Å². The number of amides is 1. The fourth-order valence-electron chi connectivity index (χ4n) is 1.37. The molecule has 1 aromatic rings. The lowest BCUT2D eigenvalue weighted by Crippen LogP contribution is -2.25. The van der Waals surface area contributed by atoms with Gasteiger partial charge in [-0.2, -0.15) is 0 Å². The van der Waals surface area contributed by atoms with Crippen LogP contribution in [0, 0.1) is 5.92 Å². The second kappa shape index (κ2) is 7.63. The minimum atomic E-state index is -0.168. The molecule has 0 radical (unpaired) electrons.